The average Bonchev–Trinajstić information content (AvgIpc) is 2.60. The molecule has 1 aromatic carbocycles. The summed E-state index contributed by atoms with van der Waals surface area (Å²) in [6, 6.07) is 7.58. The predicted octanol–water partition coefficient (Wildman–Crippen LogP) is 3.41. The van der Waals surface area contributed by atoms with Gasteiger partial charge in [0, 0.05) is 25.0 Å². The SMILES string of the molecule is Cc1cc(C)cc(NC(=O)NCc2ccnc(N3CCCCC3)n2)c1. The molecule has 2 amide bonds. The van der Waals surface area contributed by atoms with E-state index in [0.29, 0.717) is 6.54 Å². The summed E-state index contributed by atoms with van der Waals surface area (Å²) in [6.45, 7) is 6.41. The van der Waals surface area contributed by atoms with Crippen LogP contribution in [-0.2, 0) is 6.54 Å². The first-order valence-electron chi connectivity index (χ1n) is 8.80. The molecular weight excluding hydrogens is 314 g/mol. The molecule has 1 saturated heterocycles. The smallest absolute Gasteiger partial charge is 0.319 e. The minimum atomic E-state index is -0.233. The quantitative estimate of drug-likeness (QED) is 0.895. The monoisotopic (exact) mass is 339 g/mol. The van der Waals surface area contributed by atoms with E-state index in [4.69, 9.17) is 0 Å². The highest BCUT2D eigenvalue weighted by Crippen LogP contribution is 2.16. The summed E-state index contributed by atoms with van der Waals surface area (Å²) < 4.78 is 0. The second-order valence-corrected chi connectivity index (χ2v) is 6.58. The van der Waals surface area contributed by atoms with Crippen molar-refractivity contribution in [2.75, 3.05) is 23.3 Å². The molecule has 6 nitrogen and oxygen atoms in total. The molecule has 0 atom stereocenters. The number of aryl methyl sites for hydroxylation is 2. The fourth-order valence-electron chi connectivity index (χ4n) is 3.12. The van der Waals surface area contributed by atoms with Crippen molar-refractivity contribution in [2.24, 2.45) is 0 Å². The second kappa shape index (κ2) is 7.96. The third kappa shape index (κ3) is 4.92. The predicted molar refractivity (Wildman–Crippen MR) is 99.9 cm³/mol. The zero-order valence-corrected chi connectivity index (χ0v) is 14.9. The number of carbonyl (C=O) groups excluding carboxylic acids is 1. The molecule has 0 aliphatic carbocycles. The van der Waals surface area contributed by atoms with E-state index >= 15 is 0 Å². The largest absolute Gasteiger partial charge is 0.341 e. The van der Waals surface area contributed by atoms with Crippen molar-refractivity contribution in [1.29, 1.82) is 0 Å². The first kappa shape index (κ1) is 17.2. The van der Waals surface area contributed by atoms with Crippen LogP contribution in [0.25, 0.3) is 0 Å². The van der Waals surface area contributed by atoms with E-state index in [-0.39, 0.29) is 6.03 Å². The number of rotatable bonds is 4. The Labute approximate surface area is 148 Å². The molecule has 2 N–H and O–H groups in total. The van der Waals surface area contributed by atoms with Crippen LogP contribution < -0.4 is 15.5 Å². The molecule has 6 heteroatoms. The second-order valence-electron chi connectivity index (χ2n) is 6.58. The Balaban J connectivity index is 1.56. The molecule has 0 spiro atoms. The van der Waals surface area contributed by atoms with Crippen molar-refractivity contribution >= 4 is 17.7 Å². The van der Waals surface area contributed by atoms with Gasteiger partial charge in [0.2, 0.25) is 5.95 Å². The number of aromatic nitrogens is 2. The third-order valence-corrected chi connectivity index (χ3v) is 4.25. The number of benzene rings is 1. The summed E-state index contributed by atoms with van der Waals surface area (Å²) in [7, 11) is 0. The lowest BCUT2D eigenvalue weighted by Gasteiger charge is -2.26. The van der Waals surface area contributed by atoms with Crippen LogP contribution >= 0.6 is 0 Å². The molecular formula is C19H25N5O. The normalized spacial score (nSPS) is 14.2. The number of hydrogen-bond acceptors (Lipinski definition) is 4. The van der Waals surface area contributed by atoms with E-state index in [0.717, 1.165) is 41.5 Å². The highest BCUT2D eigenvalue weighted by Gasteiger charge is 2.13. The Morgan fingerprint density at radius 3 is 2.56 bits per heavy atom. The van der Waals surface area contributed by atoms with E-state index in [2.05, 4.69) is 31.6 Å². The van der Waals surface area contributed by atoms with Crippen molar-refractivity contribution in [2.45, 2.75) is 39.7 Å². The van der Waals surface area contributed by atoms with Gasteiger partial charge >= 0.3 is 6.03 Å². The highest BCUT2D eigenvalue weighted by atomic mass is 16.2. The zero-order valence-electron chi connectivity index (χ0n) is 14.9. The van der Waals surface area contributed by atoms with Gasteiger partial charge in [0.25, 0.3) is 0 Å². The van der Waals surface area contributed by atoms with E-state index in [1.807, 2.05) is 32.0 Å². The molecule has 25 heavy (non-hydrogen) atoms. The van der Waals surface area contributed by atoms with E-state index in [1.54, 1.807) is 6.20 Å². The standard InChI is InChI=1S/C19H25N5O/c1-14-10-15(2)12-17(11-14)23-19(25)21-13-16-6-7-20-18(22-16)24-8-4-3-5-9-24/h6-7,10-12H,3-5,8-9,13H2,1-2H3,(H2,21,23,25). The van der Waals surface area contributed by atoms with Crippen LogP contribution in [0.15, 0.2) is 30.5 Å². The summed E-state index contributed by atoms with van der Waals surface area (Å²) in [5.74, 6) is 0.758. The first-order valence-corrected chi connectivity index (χ1v) is 8.80. The van der Waals surface area contributed by atoms with Crippen molar-refractivity contribution in [3.05, 3.63) is 47.3 Å². The molecule has 0 bridgehead atoms. The van der Waals surface area contributed by atoms with Crippen LogP contribution in [0.4, 0.5) is 16.4 Å². The lowest BCUT2D eigenvalue weighted by atomic mass is 10.1. The van der Waals surface area contributed by atoms with Gasteiger partial charge in [-0.2, -0.15) is 0 Å². The average molecular weight is 339 g/mol. The molecule has 0 radical (unpaired) electrons. The summed E-state index contributed by atoms with van der Waals surface area (Å²) in [6.07, 6.45) is 5.40. The van der Waals surface area contributed by atoms with Gasteiger partial charge in [-0.25, -0.2) is 14.8 Å². The molecule has 2 aromatic rings. The summed E-state index contributed by atoms with van der Waals surface area (Å²) >= 11 is 0. The number of nitrogens with zero attached hydrogens (tertiary/aromatic N) is 3. The Bertz CT molecular complexity index is 720. The summed E-state index contributed by atoms with van der Waals surface area (Å²) in [5.41, 5.74) is 3.85. The maximum Gasteiger partial charge on any atom is 0.319 e. The van der Waals surface area contributed by atoms with Gasteiger partial charge in [-0.1, -0.05) is 6.07 Å². The number of carbonyl (C=O) groups is 1. The van der Waals surface area contributed by atoms with E-state index in [1.165, 1.54) is 19.3 Å². The zero-order chi connectivity index (χ0) is 17.6. The summed E-state index contributed by atoms with van der Waals surface area (Å²) in [4.78, 5) is 23.3. The van der Waals surface area contributed by atoms with Crippen molar-refractivity contribution in [3.63, 3.8) is 0 Å². The van der Waals surface area contributed by atoms with Crippen molar-refractivity contribution in [1.82, 2.24) is 15.3 Å². The van der Waals surface area contributed by atoms with Gasteiger partial charge in [0.1, 0.15) is 0 Å². The molecule has 0 unspecified atom stereocenters. The molecule has 0 saturated carbocycles. The molecule has 1 aliphatic heterocycles. The summed E-state index contributed by atoms with van der Waals surface area (Å²) in [5, 5.41) is 5.73. The van der Waals surface area contributed by atoms with Gasteiger partial charge in [-0.3, -0.25) is 0 Å². The lowest BCUT2D eigenvalue weighted by Crippen LogP contribution is -2.32. The topological polar surface area (TPSA) is 70.2 Å². The number of hydrogen-bond donors (Lipinski definition) is 2. The maximum absolute atomic E-state index is 12.1. The fraction of sp³-hybridized carbons (Fsp3) is 0.421. The highest BCUT2D eigenvalue weighted by molar-refractivity contribution is 5.89. The number of amides is 2. The van der Waals surface area contributed by atoms with Crippen molar-refractivity contribution < 1.29 is 4.79 Å². The molecule has 2 heterocycles. The van der Waals surface area contributed by atoms with Crippen LogP contribution in [0.3, 0.4) is 0 Å². The molecule has 1 fully saturated rings. The van der Waals surface area contributed by atoms with Crippen LogP contribution in [0.5, 0.6) is 0 Å². The lowest BCUT2D eigenvalue weighted by molar-refractivity contribution is 0.251. The number of urea groups is 1. The Morgan fingerprint density at radius 2 is 1.84 bits per heavy atom. The van der Waals surface area contributed by atoms with Gasteiger partial charge in [-0.15, -0.1) is 0 Å². The molecule has 132 valence electrons. The Kier molecular flexibility index (Phi) is 5.48. The molecule has 1 aromatic heterocycles. The van der Waals surface area contributed by atoms with Crippen LogP contribution in [-0.4, -0.2) is 29.1 Å². The first-order chi connectivity index (χ1) is 12.1. The number of nitrogens with one attached hydrogen (secondary N) is 2. The fourth-order valence-corrected chi connectivity index (χ4v) is 3.12. The third-order valence-electron chi connectivity index (χ3n) is 4.25. The molecule has 1 aliphatic rings. The molecule has 3 rings (SSSR count). The van der Waals surface area contributed by atoms with Crippen LogP contribution in [0.2, 0.25) is 0 Å². The minimum Gasteiger partial charge on any atom is -0.341 e. The number of anilines is 2. The van der Waals surface area contributed by atoms with E-state index < -0.39 is 0 Å². The van der Waals surface area contributed by atoms with Gasteiger partial charge in [-0.05, 0) is 62.4 Å². The van der Waals surface area contributed by atoms with Crippen LogP contribution in [0.1, 0.15) is 36.1 Å². The van der Waals surface area contributed by atoms with Gasteiger partial charge in [0.15, 0.2) is 0 Å². The Hall–Kier alpha value is -2.63. The Morgan fingerprint density at radius 1 is 1.12 bits per heavy atom. The number of piperidine rings is 1. The van der Waals surface area contributed by atoms with Crippen molar-refractivity contribution in [3.8, 4) is 0 Å². The van der Waals surface area contributed by atoms with Crippen LogP contribution in [0, 0.1) is 13.8 Å². The van der Waals surface area contributed by atoms with Gasteiger partial charge in [0.05, 0.1) is 12.2 Å². The minimum absolute atomic E-state index is 0.233. The van der Waals surface area contributed by atoms with Gasteiger partial charge < -0.3 is 15.5 Å². The van der Waals surface area contributed by atoms with E-state index in [9.17, 15) is 4.79 Å². The maximum atomic E-state index is 12.1.